The molecular weight excluding hydrogens is 552 g/mol. The quantitative estimate of drug-likeness (QED) is 0.203. The molecule has 1 atom stereocenters. The van der Waals surface area contributed by atoms with E-state index in [4.69, 9.17) is 9.47 Å². The fourth-order valence-corrected chi connectivity index (χ4v) is 5.57. The molecule has 44 heavy (non-hydrogen) atoms. The first kappa shape index (κ1) is 30.8. The standard InChI is InChI=1S/C35H40N6O3/c1-5-6-19-43-34-24(2)9-7-10-29(34)35(42)41-17-15-40(16-18-41)31(30-23-38-26(4)39-30)20-27-12-13-28(22-36)33(21-27)44-32-11-8-14-37-25(32)3/h7-14,21,23,31H,5-6,15-20H2,1-4H3,(H,38,39). The first-order valence-electron chi connectivity index (χ1n) is 15.3. The summed E-state index contributed by atoms with van der Waals surface area (Å²) in [5, 5.41) is 9.75. The van der Waals surface area contributed by atoms with Crippen LogP contribution in [-0.4, -0.2) is 63.4 Å². The number of nitriles is 1. The molecular formula is C35H40N6O3. The molecule has 228 valence electrons. The number of pyridine rings is 1. The highest BCUT2D eigenvalue weighted by Gasteiger charge is 2.30. The molecule has 0 saturated carbocycles. The van der Waals surface area contributed by atoms with Crippen LogP contribution in [0.25, 0.3) is 0 Å². The van der Waals surface area contributed by atoms with Crippen molar-refractivity contribution < 1.29 is 14.3 Å². The van der Waals surface area contributed by atoms with Gasteiger partial charge in [0.2, 0.25) is 0 Å². The van der Waals surface area contributed by atoms with Gasteiger partial charge in [-0.05, 0) is 75.1 Å². The summed E-state index contributed by atoms with van der Waals surface area (Å²) >= 11 is 0. The summed E-state index contributed by atoms with van der Waals surface area (Å²) in [4.78, 5) is 30.2. The topological polar surface area (TPSA) is 107 Å². The van der Waals surface area contributed by atoms with E-state index >= 15 is 0 Å². The van der Waals surface area contributed by atoms with Gasteiger partial charge in [-0.2, -0.15) is 5.26 Å². The number of nitrogens with zero attached hydrogens (tertiary/aromatic N) is 5. The average Bonchev–Trinajstić information content (AvgIpc) is 3.47. The van der Waals surface area contributed by atoms with E-state index in [1.165, 1.54) is 0 Å². The van der Waals surface area contributed by atoms with Crippen LogP contribution in [-0.2, 0) is 6.42 Å². The number of ether oxygens (including phenoxy) is 2. The third-order valence-electron chi connectivity index (χ3n) is 8.08. The fraction of sp³-hybridized carbons (Fsp3) is 0.371. The number of rotatable bonds is 11. The van der Waals surface area contributed by atoms with Crippen LogP contribution in [0.5, 0.6) is 17.2 Å². The number of hydrogen-bond acceptors (Lipinski definition) is 7. The summed E-state index contributed by atoms with van der Waals surface area (Å²) in [6.45, 7) is 11.2. The van der Waals surface area contributed by atoms with Crippen molar-refractivity contribution in [1.82, 2.24) is 24.8 Å². The zero-order valence-corrected chi connectivity index (χ0v) is 26.0. The van der Waals surface area contributed by atoms with Crippen LogP contribution >= 0.6 is 0 Å². The number of aromatic nitrogens is 3. The van der Waals surface area contributed by atoms with Crippen molar-refractivity contribution in [1.29, 1.82) is 5.26 Å². The Morgan fingerprint density at radius 2 is 1.86 bits per heavy atom. The fourth-order valence-electron chi connectivity index (χ4n) is 5.57. The maximum absolute atomic E-state index is 13.7. The van der Waals surface area contributed by atoms with Crippen LogP contribution in [0.15, 0.2) is 60.9 Å². The Labute approximate surface area is 259 Å². The molecule has 0 bridgehead atoms. The lowest BCUT2D eigenvalue weighted by molar-refractivity contribution is 0.0558. The zero-order chi connectivity index (χ0) is 31.1. The van der Waals surface area contributed by atoms with Gasteiger partial charge in [-0.25, -0.2) is 4.98 Å². The second-order valence-electron chi connectivity index (χ2n) is 11.3. The van der Waals surface area contributed by atoms with Crippen LogP contribution in [0.1, 0.15) is 70.1 Å². The van der Waals surface area contributed by atoms with Crippen molar-refractivity contribution in [3.8, 4) is 23.3 Å². The number of carbonyl (C=O) groups is 1. The molecule has 1 amide bonds. The maximum Gasteiger partial charge on any atom is 0.257 e. The van der Waals surface area contributed by atoms with Gasteiger partial charge in [0, 0.05) is 38.6 Å². The van der Waals surface area contributed by atoms with E-state index in [0.717, 1.165) is 41.2 Å². The molecule has 1 saturated heterocycles. The predicted octanol–water partition coefficient (Wildman–Crippen LogP) is 6.31. The van der Waals surface area contributed by atoms with Crippen molar-refractivity contribution in [2.45, 2.75) is 53.0 Å². The molecule has 4 aromatic rings. The van der Waals surface area contributed by atoms with Gasteiger partial charge in [-0.1, -0.05) is 31.5 Å². The molecule has 1 unspecified atom stereocenters. The number of unbranched alkanes of at least 4 members (excludes halogenated alkanes) is 1. The molecule has 9 nitrogen and oxygen atoms in total. The minimum absolute atomic E-state index is 0.00118. The van der Waals surface area contributed by atoms with Crippen LogP contribution in [0, 0.1) is 32.1 Å². The van der Waals surface area contributed by atoms with Crippen molar-refractivity contribution in [3.05, 3.63) is 100 Å². The van der Waals surface area contributed by atoms with Gasteiger partial charge in [0.15, 0.2) is 0 Å². The molecule has 2 aromatic carbocycles. The first-order valence-corrected chi connectivity index (χ1v) is 15.3. The monoisotopic (exact) mass is 592 g/mol. The van der Waals surface area contributed by atoms with Gasteiger partial charge in [0.1, 0.15) is 29.1 Å². The molecule has 1 aliphatic rings. The lowest BCUT2D eigenvalue weighted by atomic mass is 9.99. The number of carbonyl (C=O) groups excluding carboxylic acids is 1. The predicted molar refractivity (Wildman–Crippen MR) is 169 cm³/mol. The number of H-pyrrole nitrogens is 1. The Hall–Kier alpha value is -4.68. The van der Waals surface area contributed by atoms with E-state index in [2.05, 4.69) is 32.8 Å². The van der Waals surface area contributed by atoms with E-state index in [9.17, 15) is 10.1 Å². The molecule has 1 aliphatic heterocycles. The van der Waals surface area contributed by atoms with Gasteiger partial charge in [0.25, 0.3) is 5.91 Å². The average molecular weight is 593 g/mol. The SMILES string of the molecule is CCCCOc1c(C)cccc1C(=O)N1CCN(C(Cc2ccc(C#N)c(Oc3cccnc3C)c2)c2cnc(C)[nH]2)CC1. The van der Waals surface area contributed by atoms with Crippen LogP contribution in [0.2, 0.25) is 0 Å². The number of benzene rings is 2. The minimum Gasteiger partial charge on any atom is -0.492 e. The van der Waals surface area contributed by atoms with E-state index < -0.39 is 0 Å². The Kier molecular flexibility index (Phi) is 9.93. The van der Waals surface area contributed by atoms with Gasteiger partial charge >= 0.3 is 0 Å². The summed E-state index contributed by atoms with van der Waals surface area (Å²) in [5.41, 5.74) is 4.87. The van der Waals surface area contributed by atoms with Gasteiger partial charge in [0.05, 0.1) is 35.2 Å². The first-order chi connectivity index (χ1) is 21.4. The molecule has 2 aromatic heterocycles. The third kappa shape index (κ3) is 7.09. The van der Waals surface area contributed by atoms with E-state index in [-0.39, 0.29) is 11.9 Å². The number of aryl methyl sites for hydroxylation is 3. The number of hydrogen-bond donors (Lipinski definition) is 1. The summed E-state index contributed by atoms with van der Waals surface area (Å²) in [6, 6.07) is 17.4. The zero-order valence-electron chi connectivity index (χ0n) is 26.0. The lowest BCUT2D eigenvalue weighted by Crippen LogP contribution is -2.50. The van der Waals surface area contributed by atoms with Crippen molar-refractivity contribution >= 4 is 5.91 Å². The summed E-state index contributed by atoms with van der Waals surface area (Å²) < 4.78 is 12.2. The number of aromatic amines is 1. The highest BCUT2D eigenvalue weighted by Crippen LogP contribution is 2.32. The van der Waals surface area contributed by atoms with Crippen LogP contribution in [0.3, 0.4) is 0 Å². The molecule has 0 aliphatic carbocycles. The second-order valence-corrected chi connectivity index (χ2v) is 11.3. The smallest absolute Gasteiger partial charge is 0.257 e. The number of para-hydroxylation sites is 1. The maximum atomic E-state index is 13.7. The second kappa shape index (κ2) is 14.2. The molecule has 1 fully saturated rings. The van der Waals surface area contributed by atoms with Crippen LogP contribution in [0.4, 0.5) is 0 Å². The molecule has 5 rings (SSSR count). The van der Waals surface area contributed by atoms with Crippen molar-refractivity contribution in [3.63, 3.8) is 0 Å². The number of imidazole rings is 1. The normalized spacial score (nSPS) is 14.2. The van der Waals surface area contributed by atoms with Crippen LogP contribution < -0.4 is 9.47 Å². The largest absolute Gasteiger partial charge is 0.492 e. The van der Waals surface area contributed by atoms with Gasteiger partial charge in [-0.15, -0.1) is 0 Å². The summed E-state index contributed by atoms with van der Waals surface area (Å²) in [7, 11) is 0. The number of amides is 1. The summed E-state index contributed by atoms with van der Waals surface area (Å²) in [5.74, 6) is 2.68. The highest BCUT2D eigenvalue weighted by atomic mass is 16.5. The van der Waals surface area contributed by atoms with Gasteiger partial charge < -0.3 is 19.4 Å². The van der Waals surface area contributed by atoms with E-state index in [1.807, 2.05) is 80.4 Å². The number of nitrogens with one attached hydrogen (secondary N) is 1. The Balaban J connectivity index is 1.33. The highest BCUT2D eigenvalue weighted by molar-refractivity contribution is 5.97. The van der Waals surface area contributed by atoms with E-state index in [1.54, 1.807) is 6.20 Å². The van der Waals surface area contributed by atoms with Crippen molar-refractivity contribution in [2.24, 2.45) is 0 Å². The molecule has 0 radical (unpaired) electrons. The summed E-state index contributed by atoms with van der Waals surface area (Å²) in [6.07, 6.45) is 6.27. The Morgan fingerprint density at radius 3 is 2.57 bits per heavy atom. The molecule has 1 N–H and O–H groups in total. The molecule has 9 heteroatoms. The minimum atomic E-state index is 0.00118. The van der Waals surface area contributed by atoms with Crippen molar-refractivity contribution in [2.75, 3.05) is 32.8 Å². The Bertz CT molecular complexity index is 1630. The molecule has 0 spiro atoms. The third-order valence-corrected chi connectivity index (χ3v) is 8.08. The van der Waals surface area contributed by atoms with Gasteiger partial charge in [-0.3, -0.25) is 14.7 Å². The van der Waals surface area contributed by atoms with E-state index in [0.29, 0.717) is 67.6 Å². The Morgan fingerprint density at radius 1 is 1.05 bits per heavy atom. The number of piperazine rings is 1. The lowest BCUT2D eigenvalue weighted by Gasteiger charge is -2.39. The molecule has 3 heterocycles.